The van der Waals surface area contributed by atoms with Gasteiger partial charge in [-0.05, 0) is 58.4 Å². The number of hydrogen-bond donors (Lipinski definition) is 0. The number of rotatable bonds is 2. The van der Waals surface area contributed by atoms with Crippen molar-refractivity contribution in [1.82, 2.24) is 9.55 Å². The second-order valence-corrected chi connectivity index (χ2v) is 7.78. The van der Waals surface area contributed by atoms with Crippen molar-refractivity contribution >= 4 is 16.9 Å². The monoisotopic (exact) mass is 408 g/mol. The molecule has 2 heterocycles. The number of pyridine rings is 2. The summed E-state index contributed by atoms with van der Waals surface area (Å²) in [5.74, 6) is -3.59. The number of aromatic nitrogens is 2. The Morgan fingerprint density at radius 2 is 1.66 bits per heavy atom. The van der Waals surface area contributed by atoms with Crippen molar-refractivity contribution in [1.29, 1.82) is 0 Å². The molecule has 1 aromatic carbocycles. The molecule has 29 heavy (non-hydrogen) atoms. The Kier molecular flexibility index (Phi) is 6.37. The topological polar surface area (TPSA) is 75.0 Å². The summed E-state index contributed by atoms with van der Waals surface area (Å²) >= 11 is 0. The van der Waals surface area contributed by atoms with E-state index in [9.17, 15) is 19.1 Å². The Morgan fingerprint density at radius 3 is 2.14 bits per heavy atom. The molecule has 3 aromatic rings. The maximum atomic E-state index is 15.6. The maximum absolute atomic E-state index is 15.6. The number of carboxylic acid groups (broad SMARTS) is 1. The molecule has 0 saturated heterocycles. The molecule has 0 N–H and O–H groups in total. The zero-order chi connectivity index (χ0) is 21.0. The van der Waals surface area contributed by atoms with Crippen LogP contribution in [0.3, 0.4) is 0 Å². The number of carboxylic acids is 1. The third kappa shape index (κ3) is 4.13. The quantitative estimate of drug-likeness (QED) is 0.563. The van der Waals surface area contributed by atoms with Gasteiger partial charge in [-0.2, -0.15) is 0 Å². The molecule has 0 aliphatic heterocycles. The average molecular weight is 408 g/mol. The number of hydrogen-bond acceptors (Lipinski definition) is 4. The van der Waals surface area contributed by atoms with E-state index >= 15 is 4.39 Å². The summed E-state index contributed by atoms with van der Waals surface area (Å²) in [5, 5.41) is 11.0. The molecular weight excluding hydrogens is 389 g/mol. The van der Waals surface area contributed by atoms with Crippen LogP contribution < -0.4 is 40.1 Å². The molecule has 0 aliphatic rings. The third-order valence-electron chi connectivity index (χ3n) is 4.49. The number of carbonyl (C=O) groups excluding carboxylic acids is 1. The fraction of sp³-hybridized carbons (Fsp3) is 0.286. The predicted molar refractivity (Wildman–Crippen MR) is 100 cm³/mol. The van der Waals surface area contributed by atoms with Gasteiger partial charge in [0.2, 0.25) is 0 Å². The van der Waals surface area contributed by atoms with E-state index in [1.807, 2.05) is 0 Å². The minimum Gasteiger partial charge on any atom is -0.545 e. The summed E-state index contributed by atoms with van der Waals surface area (Å²) in [6.45, 7) is 8.59. The molecule has 146 valence electrons. The Hall–Kier alpha value is -2.09. The van der Waals surface area contributed by atoms with Crippen molar-refractivity contribution in [2.24, 2.45) is 0 Å². The Labute approximate surface area is 188 Å². The minimum absolute atomic E-state index is 0. The largest absolute Gasteiger partial charge is 1.00 e. The summed E-state index contributed by atoms with van der Waals surface area (Å²) in [4.78, 5) is 28.1. The van der Waals surface area contributed by atoms with Gasteiger partial charge in [0.1, 0.15) is 5.82 Å². The molecule has 0 aliphatic carbocycles. The second-order valence-electron chi connectivity index (χ2n) is 7.78. The number of halogens is 2. The van der Waals surface area contributed by atoms with E-state index in [1.165, 1.54) is 4.57 Å². The van der Waals surface area contributed by atoms with E-state index in [0.717, 1.165) is 12.3 Å². The van der Waals surface area contributed by atoms with Gasteiger partial charge in [0.15, 0.2) is 11.2 Å². The third-order valence-corrected chi connectivity index (χ3v) is 4.49. The van der Waals surface area contributed by atoms with Gasteiger partial charge >= 0.3 is 29.6 Å². The fourth-order valence-electron chi connectivity index (χ4n) is 3.33. The summed E-state index contributed by atoms with van der Waals surface area (Å²) in [6, 6.07) is 3.99. The van der Waals surface area contributed by atoms with Crippen molar-refractivity contribution in [3.63, 3.8) is 0 Å². The van der Waals surface area contributed by atoms with Crippen molar-refractivity contribution in [3.8, 4) is 11.1 Å². The van der Waals surface area contributed by atoms with Gasteiger partial charge in [-0.3, -0.25) is 9.78 Å². The van der Waals surface area contributed by atoms with Gasteiger partial charge in [-0.25, -0.2) is 8.78 Å². The molecule has 0 atom stereocenters. The first-order valence-electron chi connectivity index (χ1n) is 8.66. The molecule has 0 bridgehead atoms. The van der Waals surface area contributed by atoms with E-state index in [1.54, 1.807) is 46.8 Å². The molecule has 3 rings (SSSR count). The van der Waals surface area contributed by atoms with E-state index in [4.69, 9.17) is 0 Å². The Balaban J connectivity index is 0.00000300. The SMILES string of the molecule is Cc1cc(-c2c(F)cc3c(=O)c(C(=O)[O-])cn(C(C)(C)C)c3c2F)cc(C)n1.[Na+]. The van der Waals surface area contributed by atoms with E-state index in [-0.39, 0.29) is 46.0 Å². The molecule has 0 saturated carbocycles. The van der Waals surface area contributed by atoms with Crippen molar-refractivity contribution < 1.29 is 48.2 Å². The molecular formula is C21H19F2N2NaO3. The van der Waals surface area contributed by atoms with E-state index in [0.29, 0.717) is 17.0 Å². The van der Waals surface area contributed by atoms with Crippen LogP contribution in [-0.4, -0.2) is 15.5 Å². The van der Waals surface area contributed by atoms with Crippen LogP contribution in [0.1, 0.15) is 42.5 Å². The normalized spacial score (nSPS) is 11.4. The summed E-state index contributed by atoms with van der Waals surface area (Å²) in [5.41, 5.74) is -1.39. The maximum Gasteiger partial charge on any atom is 1.00 e. The molecule has 0 spiro atoms. The minimum atomic E-state index is -1.70. The number of fused-ring (bicyclic) bond motifs is 1. The Morgan fingerprint density at radius 1 is 1.10 bits per heavy atom. The number of aromatic carboxylic acids is 1. The van der Waals surface area contributed by atoms with Gasteiger partial charge in [0, 0.05) is 23.1 Å². The van der Waals surface area contributed by atoms with Gasteiger partial charge in [-0.1, -0.05) is 0 Å². The zero-order valence-electron chi connectivity index (χ0n) is 17.2. The van der Waals surface area contributed by atoms with Crippen molar-refractivity contribution in [2.45, 2.75) is 40.2 Å². The van der Waals surface area contributed by atoms with E-state index < -0.39 is 34.1 Å². The van der Waals surface area contributed by atoms with Gasteiger partial charge in [-0.15, -0.1) is 0 Å². The summed E-state index contributed by atoms with van der Waals surface area (Å²) < 4.78 is 31.8. The van der Waals surface area contributed by atoms with Crippen LogP contribution in [0.5, 0.6) is 0 Å². The zero-order valence-corrected chi connectivity index (χ0v) is 19.2. The van der Waals surface area contributed by atoms with Crippen molar-refractivity contribution in [3.05, 3.63) is 63.2 Å². The fourth-order valence-corrected chi connectivity index (χ4v) is 3.33. The van der Waals surface area contributed by atoms with Crippen LogP contribution in [0, 0.1) is 25.5 Å². The van der Waals surface area contributed by atoms with Crippen LogP contribution >= 0.6 is 0 Å². The van der Waals surface area contributed by atoms with Crippen LogP contribution in [0.2, 0.25) is 0 Å². The van der Waals surface area contributed by atoms with Gasteiger partial charge in [0.25, 0.3) is 0 Å². The number of aryl methyl sites for hydroxylation is 2. The first-order valence-corrected chi connectivity index (χ1v) is 8.66. The smallest absolute Gasteiger partial charge is 0.545 e. The van der Waals surface area contributed by atoms with Crippen molar-refractivity contribution in [2.75, 3.05) is 0 Å². The average Bonchev–Trinajstić information content (AvgIpc) is 2.53. The number of carbonyl (C=O) groups is 1. The summed E-state index contributed by atoms with van der Waals surface area (Å²) in [7, 11) is 0. The number of nitrogens with zero attached hydrogens (tertiary/aromatic N) is 2. The predicted octanol–water partition coefficient (Wildman–Crippen LogP) is 0.0810. The molecule has 0 amide bonds. The molecule has 0 radical (unpaired) electrons. The second kappa shape index (κ2) is 7.97. The molecule has 0 fully saturated rings. The van der Waals surface area contributed by atoms with Crippen LogP contribution in [-0.2, 0) is 5.54 Å². The summed E-state index contributed by atoms with van der Waals surface area (Å²) in [6.07, 6.45) is 1.05. The standard InChI is InChI=1S/C21H20F2N2O3.Na/c1-10-6-12(7-11(2)24-10)16-15(22)8-13-18(17(16)23)25(21(3,4)5)9-14(19(13)26)20(27)28;/h6-9H,1-5H3,(H,27,28);/q;+1/p-1. The van der Waals surface area contributed by atoms with Gasteiger partial charge in [0.05, 0.1) is 28.0 Å². The van der Waals surface area contributed by atoms with E-state index in [2.05, 4.69) is 4.98 Å². The molecule has 8 heteroatoms. The van der Waals surface area contributed by atoms with Crippen LogP contribution in [0.25, 0.3) is 22.0 Å². The number of benzene rings is 1. The van der Waals surface area contributed by atoms with Gasteiger partial charge < -0.3 is 14.5 Å². The Bertz CT molecular complexity index is 1180. The van der Waals surface area contributed by atoms with Crippen LogP contribution in [0.4, 0.5) is 8.78 Å². The molecule has 2 aromatic heterocycles. The first kappa shape index (κ1) is 23.2. The molecule has 0 unspecified atom stereocenters. The van der Waals surface area contributed by atoms with Crippen LogP contribution in [0.15, 0.2) is 29.2 Å². The molecule has 5 nitrogen and oxygen atoms in total. The first-order chi connectivity index (χ1) is 12.9.